The maximum absolute atomic E-state index is 11.4. The van der Waals surface area contributed by atoms with Gasteiger partial charge in [0.15, 0.2) is 0 Å². The van der Waals surface area contributed by atoms with Crippen LogP contribution in [0.1, 0.15) is 27.2 Å². The zero-order valence-corrected chi connectivity index (χ0v) is 9.49. The highest BCUT2D eigenvalue weighted by Gasteiger charge is 2.51. The van der Waals surface area contributed by atoms with Crippen LogP contribution in [0.4, 0.5) is 0 Å². The van der Waals surface area contributed by atoms with Crippen molar-refractivity contribution >= 4 is 11.9 Å². The second kappa shape index (κ2) is 4.04. The van der Waals surface area contributed by atoms with Crippen LogP contribution in [0.5, 0.6) is 0 Å². The molecule has 0 radical (unpaired) electrons. The minimum Gasteiger partial charge on any atom is -0.466 e. The van der Waals surface area contributed by atoms with Crippen LogP contribution >= 0.6 is 0 Å². The van der Waals surface area contributed by atoms with Crippen LogP contribution in [0.15, 0.2) is 11.8 Å². The van der Waals surface area contributed by atoms with Gasteiger partial charge in [0.1, 0.15) is 6.26 Å². The molecule has 0 saturated heterocycles. The number of ether oxygens (including phenoxy) is 2. The first-order valence-electron chi connectivity index (χ1n) is 4.84. The average molecular weight is 212 g/mol. The molecule has 1 atom stereocenters. The van der Waals surface area contributed by atoms with Gasteiger partial charge in [0, 0.05) is 0 Å². The maximum Gasteiger partial charge on any atom is 0.336 e. The third-order valence-corrected chi connectivity index (χ3v) is 2.66. The summed E-state index contributed by atoms with van der Waals surface area (Å²) in [5.41, 5.74) is 0.327. The highest BCUT2D eigenvalue weighted by Crippen LogP contribution is 2.52. The predicted octanol–water partition coefficient (Wildman–Crippen LogP) is 1.65. The Hall–Kier alpha value is -1.32. The van der Waals surface area contributed by atoms with Crippen LogP contribution in [0.2, 0.25) is 0 Å². The van der Waals surface area contributed by atoms with Crippen molar-refractivity contribution in [3.63, 3.8) is 0 Å². The lowest BCUT2D eigenvalue weighted by Crippen LogP contribution is -2.09. The van der Waals surface area contributed by atoms with Gasteiger partial charge in [-0.15, -0.1) is 0 Å². The molecule has 1 unspecified atom stereocenters. The second-order valence-electron chi connectivity index (χ2n) is 4.47. The van der Waals surface area contributed by atoms with Gasteiger partial charge in [-0.25, -0.2) is 4.79 Å². The van der Waals surface area contributed by atoms with Crippen molar-refractivity contribution in [1.29, 1.82) is 0 Å². The van der Waals surface area contributed by atoms with E-state index in [0.717, 1.165) is 12.7 Å². The highest BCUT2D eigenvalue weighted by atomic mass is 16.5. The molecule has 15 heavy (non-hydrogen) atoms. The summed E-state index contributed by atoms with van der Waals surface area (Å²) in [6, 6.07) is 0. The third kappa shape index (κ3) is 2.81. The van der Waals surface area contributed by atoms with Crippen molar-refractivity contribution in [2.24, 2.45) is 11.3 Å². The Morgan fingerprint density at radius 3 is 2.33 bits per heavy atom. The monoisotopic (exact) mass is 212 g/mol. The fourth-order valence-corrected chi connectivity index (χ4v) is 1.31. The predicted molar refractivity (Wildman–Crippen MR) is 53.8 cm³/mol. The van der Waals surface area contributed by atoms with E-state index in [1.54, 1.807) is 0 Å². The summed E-state index contributed by atoms with van der Waals surface area (Å²) in [6.07, 6.45) is 2.00. The van der Waals surface area contributed by atoms with E-state index in [0.29, 0.717) is 0 Å². The molecule has 4 heteroatoms. The summed E-state index contributed by atoms with van der Waals surface area (Å²) in [6.45, 7) is 5.56. The molecule has 0 aromatic rings. The molecule has 1 aliphatic carbocycles. The first-order chi connectivity index (χ1) is 6.88. The number of methoxy groups -OCH3 is 1. The van der Waals surface area contributed by atoms with Crippen LogP contribution < -0.4 is 0 Å². The Bertz CT molecular complexity index is 315. The average Bonchev–Trinajstić information content (AvgIpc) is 2.82. The molecular formula is C11H16O4. The molecule has 1 rings (SSSR count). The molecule has 0 aromatic heterocycles. The van der Waals surface area contributed by atoms with Crippen molar-refractivity contribution < 1.29 is 19.1 Å². The lowest BCUT2D eigenvalue weighted by Gasteiger charge is -2.02. The van der Waals surface area contributed by atoms with E-state index in [1.165, 1.54) is 14.0 Å². The van der Waals surface area contributed by atoms with Gasteiger partial charge in [-0.2, -0.15) is 0 Å². The van der Waals surface area contributed by atoms with E-state index >= 15 is 0 Å². The van der Waals surface area contributed by atoms with Crippen LogP contribution in [0, 0.1) is 11.3 Å². The Labute approximate surface area is 89.2 Å². The first kappa shape index (κ1) is 11.8. The van der Waals surface area contributed by atoms with E-state index in [9.17, 15) is 9.59 Å². The molecule has 0 spiro atoms. The fraction of sp³-hybridized carbons (Fsp3) is 0.636. The van der Waals surface area contributed by atoms with E-state index in [1.807, 2.05) is 13.8 Å². The van der Waals surface area contributed by atoms with Gasteiger partial charge in [0.05, 0.1) is 18.6 Å². The van der Waals surface area contributed by atoms with Crippen molar-refractivity contribution in [1.82, 2.24) is 0 Å². The van der Waals surface area contributed by atoms with Gasteiger partial charge in [-0.1, -0.05) is 13.8 Å². The van der Waals surface area contributed by atoms with Crippen LogP contribution in [-0.2, 0) is 19.1 Å². The number of carbonyl (C=O) groups excluding carboxylic acids is 2. The topological polar surface area (TPSA) is 52.6 Å². The summed E-state index contributed by atoms with van der Waals surface area (Å²) in [7, 11) is 1.28. The number of hydrogen-bond acceptors (Lipinski definition) is 4. The Balaban J connectivity index is 2.44. The third-order valence-electron chi connectivity index (χ3n) is 2.66. The standard InChI is InChI=1S/C11H16O4/c1-7(9(12)14-4)6-15-10(13)8-5-11(8,2)3/h6,8H,5H2,1-4H3. The Morgan fingerprint density at radius 1 is 1.40 bits per heavy atom. The number of hydrogen-bond donors (Lipinski definition) is 0. The molecule has 0 aromatic carbocycles. The number of esters is 2. The molecule has 0 aliphatic heterocycles. The molecule has 0 bridgehead atoms. The van der Waals surface area contributed by atoms with Gasteiger partial charge in [-0.05, 0) is 18.8 Å². The van der Waals surface area contributed by atoms with Crippen molar-refractivity contribution in [3.8, 4) is 0 Å². The lowest BCUT2D eigenvalue weighted by atomic mass is 10.1. The second-order valence-corrected chi connectivity index (χ2v) is 4.47. The van der Waals surface area contributed by atoms with Gasteiger partial charge in [0.2, 0.25) is 0 Å². The molecular weight excluding hydrogens is 196 g/mol. The first-order valence-corrected chi connectivity index (χ1v) is 4.84. The summed E-state index contributed by atoms with van der Waals surface area (Å²) >= 11 is 0. The van der Waals surface area contributed by atoms with Crippen molar-refractivity contribution in [2.45, 2.75) is 27.2 Å². The van der Waals surface area contributed by atoms with Crippen molar-refractivity contribution in [3.05, 3.63) is 11.8 Å². The zero-order valence-electron chi connectivity index (χ0n) is 9.49. The van der Waals surface area contributed by atoms with Gasteiger partial charge in [-0.3, -0.25) is 4.79 Å². The Morgan fingerprint density at radius 2 is 1.93 bits per heavy atom. The van der Waals surface area contributed by atoms with Crippen LogP contribution in [0.3, 0.4) is 0 Å². The van der Waals surface area contributed by atoms with E-state index in [-0.39, 0.29) is 22.9 Å². The summed E-state index contributed by atoms with van der Waals surface area (Å²) in [4.78, 5) is 22.4. The quantitative estimate of drug-likeness (QED) is 0.405. The molecule has 1 fully saturated rings. The minimum absolute atomic E-state index is 0.0424. The summed E-state index contributed by atoms with van der Waals surface area (Å²) in [5, 5.41) is 0. The summed E-state index contributed by atoms with van der Waals surface area (Å²) in [5.74, 6) is -0.805. The number of rotatable bonds is 3. The maximum atomic E-state index is 11.4. The molecule has 0 N–H and O–H groups in total. The lowest BCUT2D eigenvalue weighted by molar-refractivity contribution is -0.140. The van der Waals surface area contributed by atoms with Gasteiger partial charge >= 0.3 is 11.9 Å². The van der Waals surface area contributed by atoms with Crippen LogP contribution in [-0.4, -0.2) is 19.0 Å². The van der Waals surface area contributed by atoms with Gasteiger partial charge < -0.3 is 9.47 Å². The molecule has 1 aliphatic rings. The van der Waals surface area contributed by atoms with E-state index in [4.69, 9.17) is 4.74 Å². The normalized spacial score (nSPS) is 23.2. The minimum atomic E-state index is -0.488. The largest absolute Gasteiger partial charge is 0.466 e. The van der Waals surface area contributed by atoms with E-state index in [2.05, 4.69) is 4.74 Å². The molecule has 84 valence electrons. The van der Waals surface area contributed by atoms with Gasteiger partial charge in [0.25, 0.3) is 0 Å². The van der Waals surface area contributed by atoms with Crippen LogP contribution in [0.25, 0.3) is 0 Å². The SMILES string of the molecule is COC(=O)C(C)=COC(=O)C1CC1(C)C. The molecule has 1 saturated carbocycles. The smallest absolute Gasteiger partial charge is 0.336 e. The van der Waals surface area contributed by atoms with E-state index < -0.39 is 5.97 Å². The molecule has 4 nitrogen and oxygen atoms in total. The Kier molecular flexibility index (Phi) is 3.17. The molecule has 0 heterocycles. The van der Waals surface area contributed by atoms with Crippen molar-refractivity contribution in [2.75, 3.05) is 7.11 Å². The number of carbonyl (C=O) groups is 2. The zero-order chi connectivity index (χ0) is 11.6. The molecule has 0 amide bonds. The highest BCUT2D eigenvalue weighted by molar-refractivity contribution is 5.88. The fourth-order valence-electron chi connectivity index (χ4n) is 1.31. The summed E-state index contributed by atoms with van der Waals surface area (Å²) < 4.78 is 9.35.